The van der Waals surface area contributed by atoms with Crippen LogP contribution in [0.25, 0.3) is 100 Å². The van der Waals surface area contributed by atoms with Crippen LogP contribution < -0.4 is 0 Å². The van der Waals surface area contributed by atoms with Crippen molar-refractivity contribution in [3.8, 4) is 67.2 Å². The second kappa shape index (κ2) is 18.9. The van der Waals surface area contributed by atoms with E-state index < -0.39 is 0 Å². The van der Waals surface area contributed by atoms with E-state index in [9.17, 15) is 0 Å². The zero-order valence-corrected chi connectivity index (χ0v) is 39.1. The normalized spacial score (nSPS) is 11.2. The molecule has 3 aromatic heterocycles. The monoisotopic (exact) mass is 1020 g/mol. The first-order valence-corrected chi connectivity index (χ1v) is 21.9. The van der Waals surface area contributed by atoms with Crippen LogP contribution in [0.3, 0.4) is 0 Å². The van der Waals surface area contributed by atoms with Gasteiger partial charge in [-0.05, 0) is 91.4 Å². The Morgan fingerprint density at radius 3 is 1.75 bits per heavy atom. The molecule has 0 saturated carbocycles. The largest absolute Gasteiger partial charge is 0.500 e. The topological polar surface area (TPSA) is 52.1 Å². The summed E-state index contributed by atoms with van der Waals surface area (Å²) in [5, 5.41) is 2.07. The average Bonchev–Trinajstić information content (AvgIpc) is 3.97. The molecule has 0 atom stereocenters. The zero-order chi connectivity index (χ0) is 43.6. The third-order valence-electron chi connectivity index (χ3n) is 11.9. The van der Waals surface area contributed by atoms with Gasteiger partial charge in [0.25, 0.3) is 0 Å². The van der Waals surface area contributed by atoms with Crippen molar-refractivity contribution >= 4 is 33.0 Å². The summed E-state index contributed by atoms with van der Waals surface area (Å²) < 4.78 is 13.3. The number of oxazole rings is 1. The van der Waals surface area contributed by atoms with Gasteiger partial charge < -0.3 is 13.8 Å². The molecule has 0 fully saturated rings. The van der Waals surface area contributed by atoms with Gasteiger partial charge in [0, 0.05) is 37.3 Å². The van der Waals surface area contributed by atoms with Crippen LogP contribution >= 0.6 is 0 Å². The van der Waals surface area contributed by atoms with E-state index in [2.05, 4.69) is 172 Å². The van der Waals surface area contributed by atoms with E-state index >= 15 is 0 Å². The van der Waals surface area contributed by atoms with Crippen molar-refractivity contribution in [1.82, 2.24) is 9.97 Å². The summed E-state index contributed by atoms with van der Waals surface area (Å²) in [7, 11) is 0. The Labute approximate surface area is 394 Å². The predicted molar refractivity (Wildman–Crippen MR) is 264 cm³/mol. The molecule has 319 valence electrons. The molecule has 0 amide bonds. The number of pyridine rings is 1. The Bertz CT molecular complexity index is 3290. The van der Waals surface area contributed by atoms with Gasteiger partial charge in [-0.1, -0.05) is 167 Å². The van der Waals surface area contributed by atoms with Gasteiger partial charge in [-0.15, -0.1) is 54.1 Å². The Balaban J connectivity index is 0.000000355. The van der Waals surface area contributed by atoms with Crippen LogP contribution in [0.5, 0.6) is 0 Å². The summed E-state index contributed by atoms with van der Waals surface area (Å²) in [6.45, 7) is 9.10. The second-order valence-electron chi connectivity index (χ2n) is 16.7. The second-order valence-corrected chi connectivity index (χ2v) is 16.7. The quantitative estimate of drug-likeness (QED) is 0.142. The van der Waals surface area contributed by atoms with Crippen LogP contribution in [0.15, 0.2) is 203 Å². The molecule has 3 heterocycles. The average molecular weight is 1020 g/mol. The van der Waals surface area contributed by atoms with E-state index in [1.807, 2.05) is 60.7 Å². The third-order valence-corrected chi connectivity index (χ3v) is 11.9. The van der Waals surface area contributed by atoms with Crippen molar-refractivity contribution in [1.29, 1.82) is 0 Å². The standard InChI is InChI=1S/C49H38NO2.C11H8N.Ir/c1-30(2)42-27-37(35-23-21-34(22-24-35)32-13-7-5-8-14-32)28-43(31(3)4)46(42)40-18-12-20-44-48(40)52-49(50-44)41-19-11-17-39-38-26-25-36(29-45(38)51-47(39)41)33-15-9-6-10-16-33;1-2-6-10(7-3-1)11-8-4-5-9-12-11;/h5-18,20-31H,1-4H3;1-6,8-9H;/q2*-1;. The number of rotatable bonds is 8. The molecule has 0 unspecified atom stereocenters. The molecule has 0 aliphatic rings. The summed E-state index contributed by atoms with van der Waals surface area (Å²) in [5.41, 5.74) is 17.9. The van der Waals surface area contributed by atoms with Gasteiger partial charge in [-0.3, -0.25) is 4.98 Å². The Morgan fingerprint density at radius 1 is 0.477 bits per heavy atom. The molecular formula is C60H46IrN2O2-2. The van der Waals surface area contributed by atoms with Crippen LogP contribution in [0, 0.1) is 12.1 Å². The Hall–Kier alpha value is -7.17. The third kappa shape index (κ3) is 8.74. The van der Waals surface area contributed by atoms with Gasteiger partial charge in [0.15, 0.2) is 0 Å². The fourth-order valence-electron chi connectivity index (χ4n) is 8.60. The van der Waals surface area contributed by atoms with Gasteiger partial charge in [0.05, 0.1) is 11.1 Å². The molecule has 65 heavy (non-hydrogen) atoms. The maximum atomic E-state index is 6.77. The van der Waals surface area contributed by atoms with Crippen molar-refractivity contribution in [2.24, 2.45) is 0 Å². The molecule has 0 saturated heterocycles. The van der Waals surface area contributed by atoms with Gasteiger partial charge in [0.1, 0.15) is 17.1 Å². The summed E-state index contributed by atoms with van der Waals surface area (Å²) in [6, 6.07) is 71.5. The van der Waals surface area contributed by atoms with Crippen molar-refractivity contribution in [3.05, 3.63) is 218 Å². The fourth-order valence-corrected chi connectivity index (χ4v) is 8.60. The Kier molecular flexibility index (Phi) is 12.5. The maximum absolute atomic E-state index is 6.77. The predicted octanol–water partition coefficient (Wildman–Crippen LogP) is 16.7. The summed E-state index contributed by atoms with van der Waals surface area (Å²) in [5.74, 6) is 1.07. The van der Waals surface area contributed by atoms with Gasteiger partial charge >= 0.3 is 0 Å². The number of hydrogen-bond acceptors (Lipinski definition) is 4. The van der Waals surface area contributed by atoms with E-state index in [1.165, 1.54) is 38.9 Å². The molecule has 8 aromatic carbocycles. The number of furan rings is 1. The van der Waals surface area contributed by atoms with Crippen LogP contribution in [0.4, 0.5) is 0 Å². The zero-order valence-electron chi connectivity index (χ0n) is 36.7. The van der Waals surface area contributed by atoms with Crippen molar-refractivity contribution < 1.29 is 28.9 Å². The molecule has 5 heteroatoms. The van der Waals surface area contributed by atoms with Crippen LogP contribution in [0.2, 0.25) is 0 Å². The smallest absolute Gasteiger partial charge is 0.149 e. The number of nitrogens with zero attached hydrogens (tertiary/aromatic N) is 2. The van der Waals surface area contributed by atoms with Gasteiger partial charge in [-0.25, -0.2) is 0 Å². The van der Waals surface area contributed by atoms with E-state index in [-0.39, 0.29) is 31.9 Å². The van der Waals surface area contributed by atoms with E-state index in [4.69, 9.17) is 13.8 Å². The SMILES string of the molecule is CC(C)c1cc(-c2ccc(-c3ccccc3)cc2)cc(C(C)C)c1-c1cccc2nc(-c3[c-]ccc4c3oc3cc(-c5ccccc5)ccc34)oc12.[Ir].[c-]1ccccc1-c1ccccn1. The molecule has 0 N–H and O–H groups in total. The first kappa shape index (κ1) is 43.1. The minimum atomic E-state index is 0. The minimum absolute atomic E-state index is 0. The summed E-state index contributed by atoms with van der Waals surface area (Å²) >= 11 is 0. The van der Waals surface area contributed by atoms with Crippen LogP contribution in [-0.2, 0) is 20.1 Å². The molecule has 0 aliphatic carbocycles. The molecule has 11 rings (SSSR count). The molecule has 1 radical (unpaired) electrons. The fraction of sp³-hybridized carbons (Fsp3) is 0.100. The number of para-hydroxylation sites is 1. The van der Waals surface area contributed by atoms with Gasteiger partial charge in [0.2, 0.25) is 0 Å². The molecule has 0 spiro atoms. The van der Waals surface area contributed by atoms with Crippen molar-refractivity contribution in [3.63, 3.8) is 0 Å². The maximum Gasteiger partial charge on any atom is 0.149 e. The van der Waals surface area contributed by atoms with Gasteiger partial charge in [-0.2, -0.15) is 0 Å². The first-order valence-electron chi connectivity index (χ1n) is 21.9. The van der Waals surface area contributed by atoms with Crippen LogP contribution in [-0.4, -0.2) is 9.97 Å². The summed E-state index contributed by atoms with van der Waals surface area (Å²) in [6.07, 6.45) is 1.79. The number of hydrogen-bond donors (Lipinski definition) is 0. The molecular weight excluding hydrogens is 973 g/mol. The number of benzene rings is 8. The van der Waals surface area contributed by atoms with E-state index in [1.54, 1.807) is 6.20 Å². The Morgan fingerprint density at radius 2 is 1.11 bits per heavy atom. The minimum Gasteiger partial charge on any atom is -0.500 e. The van der Waals surface area contributed by atoms with Crippen molar-refractivity contribution in [2.45, 2.75) is 39.5 Å². The molecule has 4 nitrogen and oxygen atoms in total. The molecule has 11 aromatic rings. The molecule has 0 aliphatic heterocycles. The summed E-state index contributed by atoms with van der Waals surface area (Å²) in [4.78, 5) is 9.26. The molecule has 0 bridgehead atoms. The van der Waals surface area contributed by atoms with E-state index in [0.29, 0.717) is 5.89 Å². The number of fused-ring (bicyclic) bond motifs is 4. The first-order chi connectivity index (χ1) is 31.4. The van der Waals surface area contributed by atoms with Crippen LogP contribution in [0.1, 0.15) is 50.7 Å². The van der Waals surface area contributed by atoms with Crippen molar-refractivity contribution in [2.75, 3.05) is 0 Å². The van der Waals surface area contributed by atoms with E-state index in [0.717, 1.165) is 66.5 Å². The number of aromatic nitrogens is 2.